The highest BCUT2D eigenvalue weighted by atomic mass is 32.2. The van der Waals surface area contributed by atoms with Crippen LogP contribution in [0.2, 0.25) is 0 Å². The smallest absolute Gasteiger partial charge is 0.251 e. The number of rotatable bonds is 6. The van der Waals surface area contributed by atoms with E-state index < -0.39 is 21.7 Å². The number of amides is 1. The van der Waals surface area contributed by atoms with E-state index in [1.807, 2.05) is 0 Å². The van der Waals surface area contributed by atoms with Gasteiger partial charge in [-0.05, 0) is 37.8 Å². The molecule has 0 atom stereocenters. The second-order valence-corrected chi connectivity index (χ2v) is 6.95. The van der Waals surface area contributed by atoms with Crippen molar-refractivity contribution >= 4 is 15.9 Å². The molecule has 1 amide bonds. The van der Waals surface area contributed by atoms with Gasteiger partial charge >= 0.3 is 0 Å². The van der Waals surface area contributed by atoms with Gasteiger partial charge in [-0.15, -0.1) is 0 Å². The number of halogens is 1. The lowest BCUT2D eigenvalue weighted by atomic mass is 10.1. The average molecular weight is 316 g/mol. The fraction of sp³-hybridized carbons (Fsp3) is 0.500. The molecule has 1 aromatic rings. The minimum absolute atomic E-state index is 0.0494. The molecule has 0 fully saturated rings. The van der Waals surface area contributed by atoms with Crippen molar-refractivity contribution in [2.45, 2.75) is 38.5 Å². The van der Waals surface area contributed by atoms with E-state index in [1.54, 1.807) is 0 Å². The molecular formula is C14H21FN2O3S. The van der Waals surface area contributed by atoms with E-state index in [2.05, 4.69) is 19.2 Å². The van der Waals surface area contributed by atoms with Gasteiger partial charge in [0, 0.05) is 17.7 Å². The second kappa shape index (κ2) is 7.00. The SMILES string of the molecule is Cc1c(F)cc(C(=O)NCCCC(C)C)cc1S(N)(=O)=O. The maximum absolute atomic E-state index is 13.7. The zero-order valence-corrected chi connectivity index (χ0v) is 13.3. The van der Waals surface area contributed by atoms with Crippen molar-refractivity contribution in [3.05, 3.63) is 29.1 Å². The van der Waals surface area contributed by atoms with Gasteiger partial charge in [0.15, 0.2) is 0 Å². The summed E-state index contributed by atoms with van der Waals surface area (Å²) in [4.78, 5) is 11.6. The van der Waals surface area contributed by atoms with Crippen LogP contribution in [0.1, 0.15) is 42.6 Å². The molecule has 0 aromatic heterocycles. The predicted molar refractivity (Wildman–Crippen MR) is 78.9 cm³/mol. The van der Waals surface area contributed by atoms with Crippen molar-refractivity contribution in [2.24, 2.45) is 11.1 Å². The van der Waals surface area contributed by atoms with E-state index in [4.69, 9.17) is 5.14 Å². The molecule has 7 heteroatoms. The van der Waals surface area contributed by atoms with Gasteiger partial charge in [0.2, 0.25) is 10.0 Å². The number of carbonyl (C=O) groups is 1. The second-order valence-electron chi connectivity index (χ2n) is 5.42. The van der Waals surface area contributed by atoms with Crippen molar-refractivity contribution < 1.29 is 17.6 Å². The normalized spacial score (nSPS) is 11.7. The molecule has 3 N–H and O–H groups in total. The molecule has 0 aliphatic heterocycles. The summed E-state index contributed by atoms with van der Waals surface area (Å²) in [5, 5.41) is 7.66. The van der Waals surface area contributed by atoms with Crippen LogP contribution in [0.4, 0.5) is 4.39 Å². The zero-order valence-electron chi connectivity index (χ0n) is 12.4. The highest BCUT2D eigenvalue weighted by Gasteiger charge is 2.18. The Hall–Kier alpha value is -1.47. The van der Waals surface area contributed by atoms with E-state index >= 15 is 0 Å². The third-order valence-corrected chi connectivity index (χ3v) is 4.15. The quantitative estimate of drug-likeness (QED) is 0.786. The molecule has 5 nitrogen and oxygen atoms in total. The Morgan fingerprint density at radius 3 is 2.52 bits per heavy atom. The van der Waals surface area contributed by atoms with Gasteiger partial charge in [0.25, 0.3) is 5.91 Å². The van der Waals surface area contributed by atoms with Crippen LogP contribution < -0.4 is 10.5 Å². The minimum Gasteiger partial charge on any atom is -0.352 e. The molecule has 0 spiro atoms. The summed E-state index contributed by atoms with van der Waals surface area (Å²) in [6, 6.07) is 2.12. The minimum atomic E-state index is -4.07. The predicted octanol–water partition coefficient (Wildman–Crippen LogP) is 1.95. The Bertz CT molecular complexity index is 627. The van der Waals surface area contributed by atoms with Gasteiger partial charge < -0.3 is 5.32 Å². The molecule has 21 heavy (non-hydrogen) atoms. The Labute approximate surface area is 124 Å². The Morgan fingerprint density at radius 2 is 2.00 bits per heavy atom. The van der Waals surface area contributed by atoms with Gasteiger partial charge in [-0.25, -0.2) is 17.9 Å². The van der Waals surface area contributed by atoms with E-state index in [-0.39, 0.29) is 16.0 Å². The first kappa shape index (κ1) is 17.6. The Kier molecular flexibility index (Phi) is 5.86. The summed E-state index contributed by atoms with van der Waals surface area (Å²) in [5.41, 5.74) is -0.138. The van der Waals surface area contributed by atoms with Crippen molar-refractivity contribution in [2.75, 3.05) is 6.54 Å². The van der Waals surface area contributed by atoms with Gasteiger partial charge in [0.05, 0.1) is 4.90 Å². The molecule has 0 unspecified atom stereocenters. The molecule has 0 saturated carbocycles. The summed E-state index contributed by atoms with van der Waals surface area (Å²) in [6.45, 7) is 5.92. The van der Waals surface area contributed by atoms with Crippen molar-refractivity contribution in [1.29, 1.82) is 0 Å². The number of hydrogen-bond acceptors (Lipinski definition) is 3. The Balaban J connectivity index is 2.89. The summed E-state index contributed by atoms with van der Waals surface area (Å²) in [5.74, 6) is -0.746. The maximum Gasteiger partial charge on any atom is 0.251 e. The lowest BCUT2D eigenvalue weighted by Gasteiger charge is -2.10. The first-order chi connectivity index (χ1) is 9.62. The fourth-order valence-corrected chi connectivity index (χ4v) is 2.71. The molecular weight excluding hydrogens is 295 g/mol. The molecule has 0 aliphatic carbocycles. The van der Waals surface area contributed by atoms with E-state index in [0.29, 0.717) is 12.5 Å². The standard InChI is InChI=1S/C14H21FN2O3S/c1-9(2)5-4-6-17-14(18)11-7-12(15)10(3)13(8-11)21(16,19)20/h7-9H,4-6H2,1-3H3,(H,17,18)(H2,16,19,20). The number of nitrogens with two attached hydrogens (primary N) is 1. The van der Waals surface area contributed by atoms with Crippen molar-refractivity contribution in [1.82, 2.24) is 5.32 Å². The highest BCUT2D eigenvalue weighted by Crippen LogP contribution is 2.19. The molecule has 0 radical (unpaired) electrons. The number of benzene rings is 1. The van der Waals surface area contributed by atoms with Gasteiger partial charge in [-0.1, -0.05) is 13.8 Å². The van der Waals surface area contributed by atoms with E-state index in [1.165, 1.54) is 6.92 Å². The highest BCUT2D eigenvalue weighted by molar-refractivity contribution is 7.89. The largest absolute Gasteiger partial charge is 0.352 e. The summed E-state index contributed by atoms with van der Waals surface area (Å²) >= 11 is 0. The lowest BCUT2D eigenvalue weighted by molar-refractivity contribution is 0.0952. The molecule has 1 rings (SSSR count). The first-order valence-electron chi connectivity index (χ1n) is 6.74. The summed E-state index contributed by atoms with van der Waals surface area (Å²) < 4.78 is 36.5. The summed E-state index contributed by atoms with van der Waals surface area (Å²) in [7, 11) is -4.07. The number of nitrogens with one attached hydrogen (secondary N) is 1. The van der Waals surface area contributed by atoms with Crippen LogP contribution in [-0.2, 0) is 10.0 Å². The first-order valence-corrected chi connectivity index (χ1v) is 8.28. The van der Waals surface area contributed by atoms with Gasteiger partial charge in [-0.3, -0.25) is 4.79 Å². The van der Waals surface area contributed by atoms with Crippen LogP contribution in [0.3, 0.4) is 0 Å². The zero-order chi connectivity index (χ0) is 16.2. The molecule has 118 valence electrons. The van der Waals surface area contributed by atoms with E-state index in [0.717, 1.165) is 25.0 Å². The van der Waals surface area contributed by atoms with Crippen molar-refractivity contribution in [3.8, 4) is 0 Å². The molecule has 0 bridgehead atoms. The monoisotopic (exact) mass is 316 g/mol. The van der Waals surface area contributed by atoms with Gasteiger partial charge in [0.1, 0.15) is 5.82 Å². The van der Waals surface area contributed by atoms with Gasteiger partial charge in [-0.2, -0.15) is 0 Å². The lowest BCUT2D eigenvalue weighted by Crippen LogP contribution is -2.25. The third kappa shape index (κ3) is 5.09. The van der Waals surface area contributed by atoms with Crippen LogP contribution in [0.25, 0.3) is 0 Å². The Morgan fingerprint density at radius 1 is 1.38 bits per heavy atom. The van der Waals surface area contributed by atoms with Crippen LogP contribution >= 0.6 is 0 Å². The van der Waals surface area contributed by atoms with Crippen LogP contribution in [0.15, 0.2) is 17.0 Å². The number of carbonyl (C=O) groups excluding carboxylic acids is 1. The topological polar surface area (TPSA) is 89.3 Å². The maximum atomic E-state index is 13.7. The van der Waals surface area contributed by atoms with E-state index in [9.17, 15) is 17.6 Å². The third-order valence-electron chi connectivity index (χ3n) is 3.11. The summed E-state index contributed by atoms with van der Waals surface area (Å²) in [6.07, 6.45) is 1.77. The molecule has 0 saturated heterocycles. The van der Waals surface area contributed by atoms with Crippen LogP contribution in [0.5, 0.6) is 0 Å². The number of hydrogen-bond donors (Lipinski definition) is 2. The number of sulfonamides is 1. The average Bonchev–Trinajstić information content (AvgIpc) is 2.35. The van der Waals surface area contributed by atoms with Crippen LogP contribution in [-0.4, -0.2) is 20.9 Å². The molecule has 1 aromatic carbocycles. The van der Waals surface area contributed by atoms with Crippen LogP contribution in [0, 0.1) is 18.7 Å². The van der Waals surface area contributed by atoms with Crippen molar-refractivity contribution in [3.63, 3.8) is 0 Å². The number of primary sulfonamides is 1. The molecule has 0 aliphatic rings. The fourth-order valence-electron chi connectivity index (χ4n) is 1.89. The molecule has 0 heterocycles.